The van der Waals surface area contributed by atoms with Crippen LogP contribution < -0.4 is 4.72 Å². The number of aliphatic hydroxyl groups is 1. The van der Waals surface area contributed by atoms with Crippen molar-refractivity contribution in [2.45, 2.75) is 0 Å². The van der Waals surface area contributed by atoms with Crippen molar-refractivity contribution in [1.82, 2.24) is 9.03 Å². The summed E-state index contributed by atoms with van der Waals surface area (Å²) in [6.07, 6.45) is 0. The van der Waals surface area contributed by atoms with Crippen molar-refractivity contribution in [1.29, 1.82) is 0 Å². The highest BCUT2D eigenvalue weighted by atomic mass is 32.2. The summed E-state index contributed by atoms with van der Waals surface area (Å²) in [5, 5.41) is 8.77. The Balaban J connectivity index is 4.25. The first-order valence-corrected chi connectivity index (χ1v) is 6.36. The summed E-state index contributed by atoms with van der Waals surface area (Å²) < 4.78 is 36.4. The lowest BCUT2D eigenvalue weighted by Gasteiger charge is -2.20. The molecule has 0 fully saturated rings. The molecule has 0 rings (SSSR count). The minimum absolute atomic E-state index is 0.0473. The van der Waals surface area contributed by atoms with E-state index in [1.807, 2.05) is 0 Å². The van der Waals surface area contributed by atoms with Gasteiger partial charge in [0, 0.05) is 33.9 Å². The Morgan fingerprint density at radius 3 is 2.31 bits per heavy atom. The van der Waals surface area contributed by atoms with E-state index in [4.69, 9.17) is 14.6 Å². The van der Waals surface area contributed by atoms with E-state index in [1.54, 1.807) is 0 Å². The predicted molar refractivity (Wildman–Crippen MR) is 59.3 cm³/mol. The van der Waals surface area contributed by atoms with Crippen molar-refractivity contribution in [3.63, 3.8) is 0 Å². The van der Waals surface area contributed by atoms with Crippen LogP contribution in [0.25, 0.3) is 0 Å². The van der Waals surface area contributed by atoms with Crippen LogP contribution in [0.5, 0.6) is 0 Å². The van der Waals surface area contributed by atoms with Gasteiger partial charge in [-0.2, -0.15) is 17.4 Å². The highest BCUT2D eigenvalue weighted by Gasteiger charge is 2.20. The molecule has 98 valence electrons. The van der Waals surface area contributed by atoms with Crippen molar-refractivity contribution >= 4 is 10.2 Å². The standard InChI is InChI=1S/C8H20N2O5S/c1-14-7-3-9-16(12,13)10(4-6-11)5-8-15-2/h9,11H,3-8H2,1-2H3. The normalized spacial score (nSPS) is 12.2. The number of aliphatic hydroxyl groups excluding tert-OH is 1. The number of nitrogens with one attached hydrogen (secondary N) is 1. The second kappa shape index (κ2) is 8.85. The van der Waals surface area contributed by atoms with Gasteiger partial charge in [0.1, 0.15) is 0 Å². The van der Waals surface area contributed by atoms with Gasteiger partial charge in [-0.15, -0.1) is 0 Å². The Morgan fingerprint density at radius 1 is 1.19 bits per heavy atom. The Labute approximate surface area is 96.5 Å². The van der Waals surface area contributed by atoms with Gasteiger partial charge in [0.2, 0.25) is 0 Å². The number of hydrogen-bond acceptors (Lipinski definition) is 5. The lowest BCUT2D eigenvalue weighted by Crippen LogP contribution is -2.44. The third-order valence-electron chi connectivity index (χ3n) is 1.82. The van der Waals surface area contributed by atoms with Crippen molar-refractivity contribution in [2.75, 3.05) is 53.7 Å². The predicted octanol–water partition coefficient (Wildman–Crippen LogP) is -1.59. The molecule has 8 heteroatoms. The lowest BCUT2D eigenvalue weighted by molar-refractivity contribution is 0.167. The van der Waals surface area contributed by atoms with Gasteiger partial charge in [0.15, 0.2) is 0 Å². The van der Waals surface area contributed by atoms with E-state index in [2.05, 4.69) is 4.72 Å². The van der Waals surface area contributed by atoms with Gasteiger partial charge < -0.3 is 14.6 Å². The zero-order chi connectivity index (χ0) is 12.4. The molecule has 0 heterocycles. The monoisotopic (exact) mass is 256 g/mol. The van der Waals surface area contributed by atoms with Gasteiger partial charge in [-0.3, -0.25) is 0 Å². The fraction of sp³-hybridized carbons (Fsp3) is 1.00. The van der Waals surface area contributed by atoms with E-state index in [1.165, 1.54) is 14.2 Å². The average molecular weight is 256 g/mol. The summed E-state index contributed by atoms with van der Waals surface area (Å²) in [7, 11) is -0.587. The van der Waals surface area contributed by atoms with E-state index in [9.17, 15) is 8.42 Å². The number of hydrogen-bond donors (Lipinski definition) is 2. The van der Waals surface area contributed by atoms with Crippen LogP contribution in [-0.4, -0.2) is 71.5 Å². The highest BCUT2D eigenvalue weighted by Crippen LogP contribution is 1.97. The van der Waals surface area contributed by atoms with Gasteiger partial charge in [0.05, 0.1) is 19.8 Å². The number of ether oxygens (including phenoxy) is 2. The first-order chi connectivity index (χ1) is 7.58. The summed E-state index contributed by atoms with van der Waals surface area (Å²) in [6, 6.07) is 0. The van der Waals surface area contributed by atoms with Gasteiger partial charge >= 0.3 is 0 Å². The third kappa shape index (κ3) is 6.36. The number of rotatable bonds is 10. The van der Waals surface area contributed by atoms with Gasteiger partial charge in [-0.1, -0.05) is 0 Å². The minimum Gasteiger partial charge on any atom is -0.395 e. The van der Waals surface area contributed by atoms with Crippen LogP contribution in [0.1, 0.15) is 0 Å². The lowest BCUT2D eigenvalue weighted by atomic mass is 10.6. The number of nitrogens with zero attached hydrogens (tertiary/aromatic N) is 1. The van der Waals surface area contributed by atoms with Gasteiger partial charge in [0.25, 0.3) is 10.2 Å². The van der Waals surface area contributed by atoms with Crippen LogP contribution in [0, 0.1) is 0 Å². The molecule has 0 spiro atoms. The zero-order valence-electron chi connectivity index (χ0n) is 9.68. The first kappa shape index (κ1) is 15.8. The fourth-order valence-electron chi connectivity index (χ4n) is 1.02. The Bertz CT molecular complexity index is 257. The van der Waals surface area contributed by atoms with E-state index in [0.717, 1.165) is 4.31 Å². The quantitative estimate of drug-likeness (QED) is 0.460. The van der Waals surface area contributed by atoms with E-state index in [-0.39, 0.29) is 32.8 Å². The maximum Gasteiger partial charge on any atom is 0.279 e. The maximum absolute atomic E-state index is 11.7. The molecule has 0 aliphatic heterocycles. The molecule has 0 aromatic carbocycles. The molecular weight excluding hydrogens is 236 g/mol. The maximum atomic E-state index is 11.7. The van der Waals surface area contributed by atoms with E-state index < -0.39 is 10.2 Å². The summed E-state index contributed by atoms with van der Waals surface area (Å²) in [5.41, 5.74) is 0. The third-order valence-corrected chi connectivity index (χ3v) is 3.44. The molecule has 0 unspecified atom stereocenters. The second-order valence-electron chi connectivity index (χ2n) is 3.01. The molecule has 16 heavy (non-hydrogen) atoms. The molecule has 0 saturated carbocycles. The summed E-state index contributed by atoms with van der Waals surface area (Å²) in [5.74, 6) is 0. The second-order valence-corrected chi connectivity index (χ2v) is 4.76. The van der Waals surface area contributed by atoms with Crippen LogP contribution in [0.4, 0.5) is 0 Å². The Hall–Kier alpha value is -0.250. The molecule has 7 nitrogen and oxygen atoms in total. The molecule has 2 N–H and O–H groups in total. The molecule has 0 aliphatic carbocycles. The average Bonchev–Trinajstić information content (AvgIpc) is 2.24. The van der Waals surface area contributed by atoms with Crippen molar-refractivity contribution in [3.05, 3.63) is 0 Å². The molecule has 0 saturated heterocycles. The highest BCUT2D eigenvalue weighted by molar-refractivity contribution is 7.87. The summed E-state index contributed by atoms with van der Waals surface area (Å²) >= 11 is 0. The number of methoxy groups -OCH3 is 2. The summed E-state index contributed by atoms with van der Waals surface area (Å²) in [6.45, 7) is 0.815. The molecule has 0 radical (unpaired) electrons. The summed E-state index contributed by atoms with van der Waals surface area (Å²) in [4.78, 5) is 0. The Morgan fingerprint density at radius 2 is 1.81 bits per heavy atom. The van der Waals surface area contributed by atoms with Crippen LogP contribution >= 0.6 is 0 Å². The molecule has 0 aliphatic rings. The van der Waals surface area contributed by atoms with E-state index >= 15 is 0 Å². The van der Waals surface area contributed by atoms with Crippen LogP contribution in [-0.2, 0) is 19.7 Å². The molecule has 0 atom stereocenters. The van der Waals surface area contributed by atoms with Crippen molar-refractivity contribution in [2.24, 2.45) is 0 Å². The van der Waals surface area contributed by atoms with Crippen LogP contribution in [0.2, 0.25) is 0 Å². The first-order valence-electron chi connectivity index (χ1n) is 4.92. The SMILES string of the molecule is COCCNS(=O)(=O)N(CCO)CCOC. The zero-order valence-corrected chi connectivity index (χ0v) is 10.5. The van der Waals surface area contributed by atoms with Crippen LogP contribution in [0.15, 0.2) is 0 Å². The fourth-order valence-corrected chi connectivity index (χ4v) is 2.18. The van der Waals surface area contributed by atoms with Crippen molar-refractivity contribution in [3.8, 4) is 0 Å². The molecule has 0 bridgehead atoms. The van der Waals surface area contributed by atoms with Crippen LogP contribution in [0.3, 0.4) is 0 Å². The molecule has 0 aromatic rings. The van der Waals surface area contributed by atoms with Gasteiger partial charge in [-0.25, -0.2) is 0 Å². The smallest absolute Gasteiger partial charge is 0.279 e. The minimum atomic E-state index is -3.57. The molecule has 0 aromatic heterocycles. The van der Waals surface area contributed by atoms with Gasteiger partial charge in [-0.05, 0) is 0 Å². The topological polar surface area (TPSA) is 88.1 Å². The molecular formula is C8H20N2O5S. The Kier molecular flexibility index (Phi) is 8.71. The largest absolute Gasteiger partial charge is 0.395 e. The molecule has 0 amide bonds. The van der Waals surface area contributed by atoms with E-state index in [0.29, 0.717) is 6.61 Å². The van der Waals surface area contributed by atoms with Crippen molar-refractivity contribution < 1.29 is 23.0 Å².